The summed E-state index contributed by atoms with van der Waals surface area (Å²) in [6, 6.07) is 7.75. The lowest BCUT2D eigenvalue weighted by Crippen LogP contribution is -2.19. The van der Waals surface area contributed by atoms with Gasteiger partial charge in [-0.1, -0.05) is 24.3 Å². The van der Waals surface area contributed by atoms with E-state index in [0.29, 0.717) is 12.3 Å². The Morgan fingerprint density at radius 1 is 1.47 bits per heavy atom. The SMILES string of the molecule is CCOC(=O)C1=N/C=C\CSc2ccccc21. The molecule has 0 spiro atoms. The Balaban J connectivity index is 2.44. The van der Waals surface area contributed by atoms with E-state index in [1.165, 1.54) is 0 Å². The molecule has 1 aromatic rings. The molecule has 0 unspecified atom stereocenters. The molecule has 1 aliphatic rings. The number of benzene rings is 1. The van der Waals surface area contributed by atoms with Gasteiger partial charge in [-0.2, -0.15) is 0 Å². The summed E-state index contributed by atoms with van der Waals surface area (Å²) in [4.78, 5) is 17.1. The van der Waals surface area contributed by atoms with Crippen LogP contribution >= 0.6 is 11.8 Å². The van der Waals surface area contributed by atoms with Crippen LogP contribution in [-0.2, 0) is 9.53 Å². The number of esters is 1. The molecular weight excluding hydrogens is 234 g/mol. The molecule has 0 N–H and O–H groups in total. The van der Waals surface area contributed by atoms with E-state index in [2.05, 4.69) is 4.99 Å². The van der Waals surface area contributed by atoms with E-state index in [1.54, 1.807) is 24.9 Å². The number of hydrogen-bond donors (Lipinski definition) is 0. The number of thioether (sulfide) groups is 1. The number of carbonyl (C=O) groups excluding carboxylic acids is 1. The zero-order chi connectivity index (χ0) is 12.1. The fourth-order valence-electron chi connectivity index (χ4n) is 1.53. The minimum absolute atomic E-state index is 0.358. The van der Waals surface area contributed by atoms with Gasteiger partial charge in [0.05, 0.1) is 6.61 Å². The third kappa shape index (κ3) is 2.77. The van der Waals surface area contributed by atoms with Gasteiger partial charge in [-0.05, 0) is 13.0 Å². The first-order valence-corrected chi connectivity index (χ1v) is 6.43. The third-order valence-electron chi connectivity index (χ3n) is 2.26. The van der Waals surface area contributed by atoms with Gasteiger partial charge in [0.15, 0.2) is 5.71 Å². The van der Waals surface area contributed by atoms with Crippen LogP contribution in [0.5, 0.6) is 0 Å². The first-order chi connectivity index (χ1) is 8.33. The molecule has 0 amide bonds. The second-order valence-corrected chi connectivity index (χ2v) is 4.45. The summed E-state index contributed by atoms with van der Waals surface area (Å²) in [7, 11) is 0. The average molecular weight is 247 g/mol. The van der Waals surface area contributed by atoms with Crippen LogP contribution in [0.15, 0.2) is 46.4 Å². The van der Waals surface area contributed by atoms with E-state index >= 15 is 0 Å². The van der Waals surface area contributed by atoms with Gasteiger partial charge in [-0.3, -0.25) is 0 Å². The zero-order valence-electron chi connectivity index (χ0n) is 9.55. The molecule has 1 aliphatic heterocycles. The Morgan fingerprint density at radius 3 is 3.12 bits per heavy atom. The molecule has 3 nitrogen and oxygen atoms in total. The van der Waals surface area contributed by atoms with Crippen molar-refractivity contribution in [2.45, 2.75) is 11.8 Å². The highest BCUT2D eigenvalue weighted by atomic mass is 32.2. The second-order valence-electron chi connectivity index (χ2n) is 3.39. The number of carbonyl (C=O) groups is 1. The summed E-state index contributed by atoms with van der Waals surface area (Å²) < 4.78 is 5.02. The number of nitrogens with zero attached hydrogens (tertiary/aromatic N) is 1. The van der Waals surface area contributed by atoms with E-state index in [4.69, 9.17) is 4.74 Å². The smallest absolute Gasteiger partial charge is 0.357 e. The maximum absolute atomic E-state index is 11.8. The molecule has 0 saturated heterocycles. The molecule has 4 heteroatoms. The highest BCUT2D eigenvalue weighted by Gasteiger charge is 2.18. The predicted molar refractivity (Wildman–Crippen MR) is 69.5 cm³/mol. The van der Waals surface area contributed by atoms with E-state index in [9.17, 15) is 4.79 Å². The first kappa shape index (κ1) is 11.9. The van der Waals surface area contributed by atoms with E-state index in [-0.39, 0.29) is 5.97 Å². The van der Waals surface area contributed by atoms with Gasteiger partial charge >= 0.3 is 5.97 Å². The molecule has 17 heavy (non-hydrogen) atoms. The van der Waals surface area contributed by atoms with Crippen LogP contribution in [-0.4, -0.2) is 24.0 Å². The summed E-state index contributed by atoms with van der Waals surface area (Å²) in [5, 5.41) is 0. The second kappa shape index (κ2) is 5.68. The quantitative estimate of drug-likeness (QED) is 0.754. The van der Waals surface area contributed by atoms with E-state index in [1.807, 2.05) is 30.3 Å². The first-order valence-electron chi connectivity index (χ1n) is 5.45. The van der Waals surface area contributed by atoms with Crippen molar-refractivity contribution in [3.63, 3.8) is 0 Å². The minimum Gasteiger partial charge on any atom is -0.461 e. The highest BCUT2D eigenvalue weighted by molar-refractivity contribution is 7.99. The molecule has 0 bridgehead atoms. The van der Waals surface area contributed by atoms with Gasteiger partial charge in [-0.15, -0.1) is 11.8 Å². The van der Waals surface area contributed by atoms with Crippen LogP contribution in [0.2, 0.25) is 0 Å². The monoisotopic (exact) mass is 247 g/mol. The molecule has 88 valence electrons. The lowest BCUT2D eigenvalue weighted by atomic mass is 10.1. The Kier molecular flexibility index (Phi) is 3.98. The van der Waals surface area contributed by atoms with Crippen LogP contribution in [0.25, 0.3) is 0 Å². The normalized spacial score (nSPS) is 16.2. The molecule has 0 aromatic heterocycles. The molecule has 0 atom stereocenters. The molecule has 1 aromatic carbocycles. The maximum Gasteiger partial charge on any atom is 0.357 e. The average Bonchev–Trinajstić information content (AvgIpc) is 2.30. The van der Waals surface area contributed by atoms with Gasteiger partial charge in [-0.25, -0.2) is 9.79 Å². The number of aliphatic imine (C=N–C) groups is 1. The van der Waals surface area contributed by atoms with E-state index < -0.39 is 0 Å². The Morgan fingerprint density at radius 2 is 2.29 bits per heavy atom. The third-order valence-corrected chi connectivity index (χ3v) is 3.28. The molecule has 0 radical (unpaired) electrons. The van der Waals surface area contributed by atoms with Crippen molar-refractivity contribution >= 4 is 23.4 Å². The molecular formula is C13H13NO2S. The fourth-order valence-corrected chi connectivity index (χ4v) is 2.38. The topological polar surface area (TPSA) is 38.7 Å². The molecule has 0 aliphatic carbocycles. The van der Waals surface area contributed by atoms with E-state index in [0.717, 1.165) is 16.2 Å². The number of ether oxygens (including phenoxy) is 1. The van der Waals surface area contributed by atoms with Crippen molar-refractivity contribution in [1.82, 2.24) is 0 Å². The van der Waals surface area contributed by atoms with Gasteiger partial charge < -0.3 is 4.74 Å². The molecule has 1 heterocycles. The Labute approximate surface area is 105 Å². The predicted octanol–water partition coefficient (Wildman–Crippen LogP) is 2.66. The van der Waals surface area contributed by atoms with Crippen LogP contribution in [0.4, 0.5) is 0 Å². The Bertz CT molecular complexity index is 480. The lowest BCUT2D eigenvalue weighted by Gasteiger charge is -2.11. The van der Waals surface area contributed by atoms with Gasteiger partial charge in [0.1, 0.15) is 0 Å². The molecule has 0 saturated carbocycles. The van der Waals surface area contributed by atoms with Crippen LogP contribution in [0.1, 0.15) is 12.5 Å². The summed E-state index contributed by atoms with van der Waals surface area (Å²) >= 11 is 1.69. The van der Waals surface area contributed by atoms with Crippen molar-refractivity contribution in [3.8, 4) is 0 Å². The van der Waals surface area contributed by atoms with Crippen molar-refractivity contribution in [2.75, 3.05) is 12.4 Å². The minimum atomic E-state index is -0.368. The zero-order valence-corrected chi connectivity index (χ0v) is 10.4. The maximum atomic E-state index is 11.8. The van der Waals surface area contributed by atoms with Crippen LogP contribution in [0, 0.1) is 0 Å². The molecule has 0 fully saturated rings. The Hall–Kier alpha value is -1.55. The summed E-state index contributed by atoms with van der Waals surface area (Å²) in [6.07, 6.45) is 3.59. The lowest BCUT2D eigenvalue weighted by molar-refractivity contribution is -0.134. The van der Waals surface area contributed by atoms with Gasteiger partial charge in [0, 0.05) is 22.4 Å². The number of rotatable bonds is 2. The fraction of sp³-hybridized carbons (Fsp3) is 0.231. The van der Waals surface area contributed by atoms with Crippen LogP contribution < -0.4 is 0 Å². The summed E-state index contributed by atoms with van der Waals surface area (Å²) in [6.45, 7) is 2.15. The largest absolute Gasteiger partial charge is 0.461 e. The van der Waals surface area contributed by atoms with Gasteiger partial charge in [0.25, 0.3) is 0 Å². The highest BCUT2D eigenvalue weighted by Crippen LogP contribution is 2.25. The van der Waals surface area contributed by atoms with Crippen molar-refractivity contribution in [2.24, 2.45) is 4.99 Å². The van der Waals surface area contributed by atoms with Crippen LogP contribution in [0.3, 0.4) is 0 Å². The molecule has 2 rings (SSSR count). The summed E-state index contributed by atoms with van der Waals surface area (Å²) in [5.41, 5.74) is 1.23. The van der Waals surface area contributed by atoms with Crippen molar-refractivity contribution in [1.29, 1.82) is 0 Å². The standard InChI is InChI=1S/C13H13NO2S/c1-2-16-13(15)12-10-6-3-4-7-11(10)17-9-5-8-14-12/h3-8H,2,9H2,1H3/b8-5-,14-12?. The number of hydrogen-bond acceptors (Lipinski definition) is 4. The van der Waals surface area contributed by atoms with Crippen molar-refractivity contribution in [3.05, 3.63) is 42.1 Å². The van der Waals surface area contributed by atoms with Gasteiger partial charge in [0.2, 0.25) is 0 Å². The summed E-state index contributed by atoms with van der Waals surface area (Å²) in [5.74, 6) is 0.489. The van der Waals surface area contributed by atoms with Crippen molar-refractivity contribution < 1.29 is 9.53 Å². The number of fused-ring (bicyclic) bond motifs is 1.